The second-order valence-electron chi connectivity index (χ2n) is 9.32. The van der Waals surface area contributed by atoms with Gasteiger partial charge in [-0.25, -0.2) is 9.78 Å². The zero-order valence-electron chi connectivity index (χ0n) is 19.0. The standard InChI is InChI=1S/C22H33ClN2O4Si/c1-8-29-21(27)17-13-25(20-16(19(17)26)11-15(23)12-24-20)18(14(2)3)9-10-22(4,5)30(6,7)28/h11-14,18,28H,8-10H2,1-7H3/t18-/m1/s1. The van der Waals surface area contributed by atoms with Gasteiger partial charge in [0, 0.05) is 18.4 Å². The lowest BCUT2D eigenvalue weighted by Crippen LogP contribution is -2.39. The van der Waals surface area contributed by atoms with E-state index in [1.807, 2.05) is 17.7 Å². The maximum absolute atomic E-state index is 12.9. The number of nitrogens with zero attached hydrogens (tertiary/aromatic N) is 2. The molecule has 0 aromatic carbocycles. The fourth-order valence-corrected chi connectivity index (χ4v) is 4.34. The molecule has 2 rings (SSSR count). The van der Waals surface area contributed by atoms with E-state index in [1.54, 1.807) is 19.2 Å². The smallest absolute Gasteiger partial charge is 0.343 e. The Morgan fingerprint density at radius 3 is 2.53 bits per heavy atom. The fraction of sp³-hybridized carbons (Fsp3) is 0.591. The lowest BCUT2D eigenvalue weighted by Gasteiger charge is -2.37. The van der Waals surface area contributed by atoms with Crippen molar-refractivity contribution in [2.45, 2.75) is 71.6 Å². The van der Waals surface area contributed by atoms with E-state index < -0.39 is 19.7 Å². The summed E-state index contributed by atoms with van der Waals surface area (Å²) in [5, 5.41) is 0.452. The summed E-state index contributed by atoms with van der Waals surface area (Å²) in [6.07, 6.45) is 4.66. The summed E-state index contributed by atoms with van der Waals surface area (Å²) in [7, 11) is -2.36. The molecule has 2 aromatic heterocycles. The molecule has 1 atom stereocenters. The lowest BCUT2D eigenvalue weighted by molar-refractivity contribution is 0.0523. The van der Waals surface area contributed by atoms with E-state index in [4.69, 9.17) is 16.3 Å². The van der Waals surface area contributed by atoms with Crippen molar-refractivity contribution in [3.05, 3.63) is 39.3 Å². The number of aromatic nitrogens is 2. The quantitative estimate of drug-likeness (QED) is 0.440. The molecule has 0 aliphatic rings. The molecule has 2 aromatic rings. The zero-order chi connectivity index (χ0) is 22.9. The van der Waals surface area contributed by atoms with Crippen LogP contribution in [0.4, 0.5) is 0 Å². The minimum atomic E-state index is -2.36. The molecule has 0 amide bonds. The number of ether oxygens (including phenoxy) is 1. The molecule has 0 aliphatic carbocycles. The molecular formula is C22H33ClN2O4Si. The number of hydrogen-bond donors (Lipinski definition) is 1. The molecule has 0 saturated carbocycles. The number of hydrogen-bond acceptors (Lipinski definition) is 5. The summed E-state index contributed by atoms with van der Waals surface area (Å²) in [4.78, 5) is 40.5. The first kappa shape index (κ1) is 24.6. The van der Waals surface area contributed by atoms with Crippen molar-refractivity contribution in [2.24, 2.45) is 5.92 Å². The largest absolute Gasteiger partial charge is 0.462 e. The van der Waals surface area contributed by atoms with Crippen LogP contribution in [0, 0.1) is 5.92 Å². The van der Waals surface area contributed by atoms with Crippen molar-refractivity contribution in [2.75, 3.05) is 6.61 Å². The van der Waals surface area contributed by atoms with E-state index >= 15 is 0 Å². The number of carbonyl (C=O) groups excluding carboxylic acids is 1. The molecule has 0 unspecified atom stereocenters. The number of fused-ring (bicyclic) bond motifs is 1. The number of rotatable bonds is 8. The Kier molecular flexibility index (Phi) is 7.53. The van der Waals surface area contributed by atoms with Crippen LogP contribution in [0.3, 0.4) is 0 Å². The minimum Gasteiger partial charge on any atom is -0.462 e. The van der Waals surface area contributed by atoms with Gasteiger partial charge in [0.15, 0.2) is 8.32 Å². The molecule has 0 fully saturated rings. The van der Waals surface area contributed by atoms with Gasteiger partial charge in [-0.05, 0) is 49.9 Å². The number of esters is 1. The molecule has 6 nitrogen and oxygen atoms in total. The van der Waals surface area contributed by atoms with E-state index in [0.717, 1.165) is 12.8 Å². The van der Waals surface area contributed by atoms with Gasteiger partial charge in [0.2, 0.25) is 5.43 Å². The monoisotopic (exact) mass is 452 g/mol. The third-order valence-electron chi connectivity index (χ3n) is 6.18. The van der Waals surface area contributed by atoms with Crippen LogP contribution in [0.2, 0.25) is 23.2 Å². The first-order valence-corrected chi connectivity index (χ1v) is 13.7. The third-order valence-corrected chi connectivity index (χ3v) is 9.95. The topological polar surface area (TPSA) is 81.4 Å². The zero-order valence-corrected chi connectivity index (χ0v) is 20.7. The Balaban J connectivity index is 2.64. The second-order valence-corrected chi connectivity index (χ2v) is 14.2. The minimum absolute atomic E-state index is 0.0183. The highest BCUT2D eigenvalue weighted by Crippen LogP contribution is 2.42. The van der Waals surface area contributed by atoms with Gasteiger partial charge in [-0.3, -0.25) is 4.79 Å². The predicted molar refractivity (Wildman–Crippen MR) is 124 cm³/mol. The molecule has 0 saturated heterocycles. The second kappa shape index (κ2) is 9.20. The Morgan fingerprint density at radius 1 is 1.37 bits per heavy atom. The highest BCUT2D eigenvalue weighted by molar-refractivity contribution is 6.72. The number of halogens is 1. The van der Waals surface area contributed by atoms with Crippen LogP contribution in [-0.2, 0) is 4.74 Å². The van der Waals surface area contributed by atoms with E-state index in [-0.39, 0.29) is 29.2 Å². The third kappa shape index (κ3) is 5.13. The van der Waals surface area contributed by atoms with Gasteiger partial charge in [-0.15, -0.1) is 0 Å². The maximum Gasteiger partial charge on any atom is 0.343 e. The summed E-state index contributed by atoms with van der Waals surface area (Å²) < 4.78 is 7.02. The average molecular weight is 453 g/mol. The van der Waals surface area contributed by atoms with Crippen molar-refractivity contribution in [3.63, 3.8) is 0 Å². The Bertz CT molecular complexity index is 979. The van der Waals surface area contributed by atoms with Crippen LogP contribution in [-0.4, -0.2) is 35.2 Å². The van der Waals surface area contributed by atoms with Crippen molar-refractivity contribution in [1.82, 2.24) is 9.55 Å². The van der Waals surface area contributed by atoms with E-state index in [9.17, 15) is 14.4 Å². The normalized spacial score (nSPS) is 13.7. The molecule has 30 heavy (non-hydrogen) atoms. The molecular weight excluding hydrogens is 420 g/mol. The van der Waals surface area contributed by atoms with Crippen LogP contribution >= 0.6 is 11.6 Å². The van der Waals surface area contributed by atoms with Gasteiger partial charge in [-0.1, -0.05) is 39.3 Å². The van der Waals surface area contributed by atoms with Gasteiger partial charge in [0.25, 0.3) is 0 Å². The van der Waals surface area contributed by atoms with Gasteiger partial charge in [-0.2, -0.15) is 0 Å². The fourth-order valence-electron chi connectivity index (χ4n) is 3.42. The van der Waals surface area contributed by atoms with E-state index in [0.29, 0.717) is 16.1 Å². The summed E-state index contributed by atoms with van der Waals surface area (Å²) >= 11 is 6.10. The number of pyridine rings is 2. The Labute approximate surface area is 184 Å². The van der Waals surface area contributed by atoms with Crippen LogP contribution in [0.1, 0.15) is 63.9 Å². The maximum atomic E-state index is 12.9. The molecule has 166 valence electrons. The summed E-state index contributed by atoms with van der Waals surface area (Å²) in [5.74, 6) is -0.438. The van der Waals surface area contributed by atoms with Crippen molar-refractivity contribution in [1.29, 1.82) is 0 Å². The highest BCUT2D eigenvalue weighted by Gasteiger charge is 2.38. The Hall–Kier alpha value is -1.70. The van der Waals surface area contributed by atoms with Crippen molar-refractivity contribution >= 4 is 36.9 Å². The molecule has 0 bridgehead atoms. The van der Waals surface area contributed by atoms with Crippen molar-refractivity contribution < 1.29 is 14.3 Å². The van der Waals surface area contributed by atoms with Crippen LogP contribution in [0.15, 0.2) is 23.3 Å². The van der Waals surface area contributed by atoms with Crippen LogP contribution in [0.25, 0.3) is 11.0 Å². The molecule has 8 heteroatoms. The summed E-state index contributed by atoms with van der Waals surface area (Å²) in [6, 6.07) is 1.53. The van der Waals surface area contributed by atoms with E-state index in [2.05, 4.69) is 32.7 Å². The SMILES string of the molecule is CCOC(=O)c1cn([C@H](CCC(C)(C)[Si](C)(C)O)C(C)C)c2ncc(Cl)cc2c1=O. The van der Waals surface area contributed by atoms with Gasteiger partial charge < -0.3 is 14.1 Å². The summed E-state index contributed by atoms with van der Waals surface area (Å²) in [6.45, 7) is 14.2. The number of carbonyl (C=O) groups is 1. The van der Waals surface area contributed by atoms with E-state index in [1.165, 1.54) is 6.20 Å². The molecule has 0 aliphatic heterocycles. The van der Waals surface area contributed by atoms with Crippen LogP contribution < -0.4 is 5.43 Å². The predicted octanol–water partition coefficient (Wildman–Crippen LogP) is 5.18. The molecule has 0 radical (unpaired) electrons. The Morgan fingerprint density at radius 2 is 2.00 bits per heavy atom. The first-order chi connectivity index (χ1) is 13.8. The average Bonchev–Trinajstić information content (AvgIpc) is 2.62. The first-order valence-electron chi connectivity index (χ1n) is 10.4. The van der Waals surface area contributed by atoms with Gasteiger partial charge >= 0.3 is 5.97 Å². The lowest BCUT2D eigenvalue weighted by atomic mass is 9.94. The van der Waals surface area contributed by atoms with Gasteiger partial charge in [0.1, 0.15) is 11.2 Å². The highest BCUT2D eigenvalue weighted by atomic mass is 35.5. The van der Waals surface area contributed by atoms with Crippen LogP contribution in [0.5, 0.6) is 0 Å². The summed E-state index contributed by atoms with van der Waals surface area (Å²) in [5.41, 5.74) is 0.0473. The van der Waals surface area contributed by atoms with Crippen molar-refractivity contribution in [3.8, 4) is 0 Å². The van der Waals surface area contributed by atoms with Gasteiger partial charge in [0.05, 0.1) is 17.0 Å². The molecule has 2 heterocycles. The molecule has 0 spiro atoms. The molecule has 1 N–H and O–H groups in total.